The lowest BCUT2D eigenvalue weighted by molar-refractivity contribution is 0.513. The van der Waals surface area contributed by atoms with E-state index < -0.39 is 0 Å². The van der Waals surface area contributed by atoms with Crippen molar-refractivity contribution in [2.75, 3.05) is 7.05 Å². The molecule has 0 aliphatic carbocycles. The average molecular weight is 398 g/mol. The first kappa shape index (κ1) is 15.7. The standard InChI is InChI=1S/C16H18Br2N2/c1-19-15(16-14(18)10-13(17)11-20-16)9-5-8-12-6-3-2-4-7-12/h2-4,6-7,10-11,15,19H,5,8-9H2,1H3. The van der Waals surface area contributed by atoms with Crippen LogP contribution in [0.5, 0.6) is 0 Å². The first-order valence-electron chi connectivity index (χ1n) is 6.73. The topological polar surface area (TPSA) is 24.9 Å². The van der Waals surface area contributed by atoms with Crippen LogP contribution >= 0.6 is 31.9 Å². The Bertz CT molecular complexity index is 543. The van der Waals surface area contributed by atoms with E-state index in [9.17, 15) is 0 Å². The van der Waals surface area contributed by atoms with Gasteiger partial charge in [-0.3, -0.25) is 4.98 Å². The van der Waals surface area contributed by atoms with E-state index in [2.05, 4.69) is 72.5 Å². The first-order chi connectivity index (χ1) is 9.70. The fraction of sp³-hybridized carbons (Fsp3) is 0.312. The molecule has 0 amide bonds. The molecule has 1 aromatic heterocycles. The minimum absolute atomic E-state index is 0.279. The maximum atomic E-state index is 4.52. The zero-order valence-electron chi connectivity index (χ0n) is 11.4. The second kappa shape index (κ2) is 7.91. The summed E-state index contributed by atoms with van der Waals surface area (Å²) in [5, 5.41) is 3.36. The van der Waals surface area contributed by atoms with E-state index in [1.807, 2.05) is 19.3 Å². The maximum Gasteiger partial charge on any atom is 0.0715 e. The van der Waals surface area contributed by atoms with Gasteiger partial charge in [-0.25, -0.2) is 0 Å². The van der Waals surface area contributed by atoms with E-state index in [1.165, 1.54) is 5.56 Å². The minimum Gasteiger partial charge on any atom is -0.312 e. The van der Waals surface area contributed by atoms with Crippen LogP contribution in [0.15, 0.2) is 51.5 Å². The number of hydrogen-bond acceptors (Lipinski definition) is 2. The van der Waals surface area contributed by atoms with Crippen molar-refractivity contribution in [1.82, 2.24) is 10.3 Å². The predicted molar refractivity (Wildman–Crippen MR) is 90.8 cm³/mol. The monoisotopic (exact) mass is 396 g/mol. The second-order valence-electron chi connectivity index (χ2n) is 4.74. The number of nitrogens with one attached hydrogen (secondary N) is 1. The van der Waals surface area contributed by atoms with E-state index in [-0.39, 0.29) is 6.04 Å². The van der Waals surface area contributed by atoms with E-state index >= 15 is 0 Å². The Morgan fingerprint density at radius 2 is 1.95 bits per heavy atom. The molecule has 2 rings (SSSR count). The summed E-state index contributed by atoms with van der Waals surface area (Å²) >= 11 is 7.03. The lowest BCUT2D eigenvalue weighted by atomic mass is 10.0. The third-order valence-electron chi connectivity index (χ3n) is 3.32. The van der Waals surface area contributed by atoms with E-state index in [0.29, 0.717) is 0 Å². The Morgan fingerprint density at radius 1 is 1.20 bits per heavy atom. The molecule has 1 atom stereocenters. The largest absolute Gasteiger partial charge is 0.312 e. The zero-order valence-corrected chi connectivity index (χ0v) is 14.6. The van der Waals surface area contributed by atoms with Crippen LogP contribution in [0, 0.1) is 0 Å². The van der Waals surface area contributed by atoms with Crippen LogP contribution in [0.2, 0.25) is 0 Å². The van der Waals surface area contributed by atoms with Crippen LogP contribution in [-0.4, -0.2) is 12.0 Å². The highest BCUT2D eigenvalue weighted by molar-refractivity contribution is 9.11. The lowest BCUT2D eigenvalue weighted by Crippen LogP contribution is -2.18. The van der Waals surface area contributed by atoms with Crippen molar-refractivity contribution in [2.24, 2.45) is 0 Å². The van der Waals surface area contributed by atoms with Crippen molar-refractivity contribution in [2.45, 2.75) is 25.3 Å². The van der Waals surface area contributed by atoms with Crippen molar-refractivity contribution in [1.29, 1.82) is 0 Å². The molecule has 1 N–H and O–H groups in total. The number of pyridine rings is 1. The lowest BCUT2D eigenvalue weighted by Gasteiger charge is -2.17. The summed E-state index contributed by atoms with van der Waals surface area (Å²) in [6, 6.07) is 12.9. The zero-order chi connectivity index (χ0) is 14.4. The maximum absolute atomic E-state index is 4.52. The SMILES string of the molecule is CNC(CCCc1ccccc1)c1ncc(Br)cc1Br. The smallest absolute Gasteiger partial charge is 0.0715 e. The average Bonchev–Trinajstić information content (AvgIpc) is 2.46. The number of halogens is 2. The van der Waals surface area contributed by atoms with Gasteiger partial charge in [-0.05, 0) is 69.8 Å². The van der Waals surface area contributed by atoms with Crippen LogP contribution in [-0.2, 0) is 6.42 Å². The molecule has 1 heterocycles. The highest BCUT2D eigenvalue weighted by atomic mass is 79.9. The molecule has 0 spiro atoms. The van der Waals surface area contributed by atoms with Gasteiger partial charge in [0.15, 0.2) is 0 Å². The van der Waals surface area contributed by atoms with E-state index in [1.54, 1.807) is 0 Å². The van der Waals surface area contributed by atoms with Gasteiger partial charge in [0.1, 0.15) is 0 Å². The molecular formula is C16H18Br2N2. The Balaban J connectivity index is 1.95. The van der Waals surface area contributed by atoms with Crippen LogP contribution < -0.4 is 5.32 Å². The molecular weight excluding hydrogens is 380 g/mol. The fourth-order valence-electron chi connectivity index (χ4n) is 2.25. The van der Waals surface area contributed by atoms with Crippen LogP contribution in [0.1, 0.15) is 30.1 Å². The summed E-state index contributed by atoms with van der Waals surface area (Å²) in [6.07, 6.45) is 5.16. The van der Waals surface area contributed by atoms with Gasteiger partial charge >= 0.3 is 0 Å². The molecule has 0 aliphatic rings. The molecule has 0 bridgehead atoms. The fourth-order valence-corrected chi connectivity index (χ4v) is 3.52. The summed E-state index contributed by atoms with van der Waals surface area (Å²) in [5.41, 5.74) is 2.47. The molecule has 1 aromatic carbocycles. The van der Waals surface area contributed by atoms with Gasteiger partial charge in [0.25, 0.3) is 0 Å². The third kappa shape index (κ3) is 4.40. The van der Waals surface area contributed by atoms with Gasteiger partial charge in [0.05, 0.1) is 11.7 Å². The van der Waals surface area contributed by atoms with Crippen molar-refractivity contribution < 1.29 is 0 Å². The minimum atomic E-state index is 0.279. The highest BCUT2D eigenvalue weighted by Gasteiger charge is 2.14. The van der Waals surface area contributed by atoms with Crippen molar-refractivity contribution in [3.8, 4) is 0 Å². The normalized spacial score (nSPS) is 12.3. The van der Waals surface area contributed by atoms with E-state index in [4.69, 9.17) is 0 Å². The van der Waals surface area contributed by atoms with Crippen molar-refractivity contribution >= 4 is 31.9 Å². The summed E-state index contributed by atoms with van der Waals surface area (Å²) in [7, 11) is 1.99. The summed E-state index contributed by atoms with van der Waals surface area (Å²) in [4.78, 5) is 4.52. The number of benzene rings is 1. The number of aryl methyl sites for hydroxylation is 1. The quantitative estimate of drug-likeness (QED) is 0.750. The molecule has 106 valence electrons. The second-order valence-corrected chi connectivity index (χ2v) is 6.51. The Morgan fingerprint density at radius 3 is 2.60 bits per heavy atom. The molecule has 2 nitrogen and oxygen atoms in total. The number of nitrogens with zero attached hydrogens (tertiary/aromatic N) is 1. The molecule has 0 aliphatic heterocycles. The van der Waals surface area contributed by atoms with Gasteiger partial charge in [0, 0.05) is 15.1 Å². The van der Waals surface area contributed by atoms with Crippen LogP contribution in [0.3, 0.4) is 0 Å². The highest BCUT2D eigenvalue weighted by Crippen LogP contribution is 2.27. The first-order valence-corrected chi connectivity index (χ1v) is 8.31. The molecule has 1 unspecified atom stereocenters. The molecule has 0 saturated heterocycles. The summed E-state index contributed by atoms with van der Waals surface area (Å²) in [6.45, 7) is 0. The van der Waals surface area contributed by atoms with Gasteiger partial charge in [0.2, 0.25) is 0 Å². The Kier molecular flexibility index (Phi) is 6.20. The van der Waals surface area contributed by atoms with Gasteiger partial charge in [-0.1, -0.05) is 30.3 Å². The molecule has 0 saturated carbocycles. The summed E-state index contributed by atoms with van der Waals surface area (Å²) < 4.78 is 2.04. The number of hydrogen-bond donors (Lipinski definition) is 1. The van der Waals surface area contributed by atoms with Gasteiger partial charge in [-0.15, -0.1) is 0 Å². The van der Waals surface area contributed by atoms with Crippen LogP contribution in [0.4, 0.5) is 0 Å². The number of aromatic nitrogens is 1. The molecule has 0 radical (unpaired) electrons. The molecule has 4 heteroatoms. The van der Waals surface area contributed by atoms with Crippen molar-refractivity contribution in [3.05, 3.63) is 62.8 Å². The predicted octanol–water partition coefficient (Wildman–Crippen LogP) is 4.89. The van der Waals surface area contributed by atoms with Gasteiger partial charge < -0.3 is 5.32 Å². The van der Waals surface area contributed by atoms with Crippen molar-refractivity contribution in [3.63, 3.8) is 0 Å². The molecule has 20 heavy (non-hydrogen) atoms. The van der Waals surface area contributed by atoms with E-state index in [0.717, 1.165) is 33.9 Å². The summed E-state index contributed by atoms with van der Waals surface area (Å²) in [5.74, 6) is 0. The molecule has 2 aromatic rings. The number of rotatable bonds is 6. The third-order valence-corrected chi connectivity index (χ3v) is 4.38. The molecule has 0 fully saturated rings. The Hall–Kier alpha value is -0.710. The van der Waals surface area contributed by atoms with Gasteiger partial charge in [-0.2, -0.15) is 0 Å². The Labute approximate surface area is 137 Å². The van der Waals surface area contributed by atoms with Crippen LogP contribution in [0.25, 0.3) is 0 Å².